The van der Waals surface area contributed by atoms with Gasteiger partial charge in [-0.05, 0) is 18.8 Å². The van der Waals surface area contributed by atoms with Crippen LogP contribution in [0.5, 0.6) is 0 Å². The molecule has 0 aromatic carbocycles. The van der Waals surface area contributed by atoms with Gasteiger partial charge in [0.1, 0.15) is 0 Å². The lowest BCUT2D eigenvalue weighted by molar-refractivity contribution is -0.134. The van der Waals surface area contributed by atoms with Crippen molar-refractivity contribution in [2.24, 2.45) is 5.92 Å². The predicted molar refractivity (Wildman–Crippen MR) is 69.5 cm³/mol. The van der Waals surface area contributed by atoms with Crippen molar-refractivity contribution in [1.82, 2.24) is 10.2 Å². The topological polar surface area (TPSA) is 41.6 Å². The van der Waals surface area contributed by atoms with E-state index in [1.54, 1.807) is 0 Å². The molecule has 2 aliphatic rings. The summed E-state index contributed by atoms with van der Waals surface area (Å²) in [6.45, 7) is 3.37. The minimum Gasteiger partial charge on any atom is -0.375 e. The van der Waals surface area contributed by atoms with Gasteiger partial charge in [0, 0.05) is 26.7 Å². The number of hydrogen-bond donors (Lipinski definition) is 1. The van der Waals surface area contributed by atoms with Crippen LogP contribution in [0.4, 0.5) is 0 Å². The predicted octanol–water partition coefficient (Wildman–Crippen LogP) is 1.05. The summed E-state index contributed by atoms with van der Waals surface area (Å²) in [7, 11) is 1.91. The number of carbonyl (C=O) groups is 1. The maximum Gasteiger partial charge on any atom is 0.224 e. The molecular formula is C12H23ClN2O2. The SMILES string of the molecule is CN(CC1CCC1)C(=O)CC1CNCCO1.Cl. The van der Waals surface area contributed by atoms with Crippen molar-refractivity contribution in [3.8, 4) is 0 Å². The Labute approximate surface area is 109 Å². The van der Waals surface area contributed by atoms with Crippen LogP contribution in [0.15, 0.2) is 0 Å². The zero-order chi connectivity index (χ0) is 11.4. The van der Waals surface area contributed by atoms with Gasteiger partial charge in [0.05, 0.1) is 19.1 Å². The molecule has 0 spiro atoms. The van der Waals surface area contributed by atoms with Crippen molar-refractivity contribution in [2.45, 2.75) is 31.8 Å². The van der Waals surface area contributed by atoms with Crippen molar-refractivity contribution >= 4 is 18.3 Å². The van der Waals surface area contributed by atoms with Crippen molar-refractivity contribution in [3.63, 3.8) is 0 Å². The lowest BCUT2D eigenvalue weighted by Gasteiger charge is -2.31. The summed E-state index contributed by atoms with van der Waals surface area (Å²) in [5.41, 5.74) is 0. The normalized spacial score (nSPS) is 24.6. The number of ether oxygens (including phenoxy) is 1. The van der Waals surface area contributed by atoms with Gasteiger partial charge in [-0.3, -0.25) is 4.79 Å². The molecule has 0 bridgehead atoms. The Morgan fingerprint density at radius 3 is 2.76 bits per heavy atom. The summed E-state index contributed by atoms with van der Waals surface area (Å²) >= 11 is 0. The van der Waals surface area contributed by atoms with Gasteiger partial charge in [0.15, 0.2) is 0 Å². The molecule has 1 heterocycles. The van der Waals surface area contributed by atoms with Crippen LogP contribution < -0.4 is 5.32 Å². The fourth-order valence-corrected chi connectivity index (χ4v) is 2.27. The van der Waals surface area contributed by atoms with Crippen LogP contribution in [0.2, 0.25) is 0 Å². The molecule has 100 valence electrons. The minimum absolute atomic E-state index is 0. The average molecular weight is 263 g/mol. The first-order valence-electron chi connectivity index (χ1n) is 6.32. The van der Waals surface area contributed by atoms with Crippen LogP contribution in [0.25, 0.3) is 0 Å². The van der Waals surface area contributed by atoms with E-state index in [0.717, 1.165) is 32.2 Å². The Kier molecular flexibility index (Phi) is 6.23. The molecule has 1 aliphatic carbocycles. The van der Waals surface area contributed by atoms with E-state index in [0.29, 0.717) is 6.42 Å². The number of amides is 1. The molecule has 4 nitrogen and oxygen atoms in total. The fraction of sp³-hybridized carbons (Fsp3) is 0.917. The second-order valence-corrected chi connectivity index (χ2v) is 4.97. The van der Waals surface area contributed by atoms with E-state index in [1.165, 1.54) is 19.3 Å². The fourth-order valence-electron chi connectivity index (χ4n) is 2.27. The maximum absolute atomic E-state index is 11.9. The van der Waals surface area contributed by atoms with Gasteiger partial charge in [-0.15, -0.1) is 12.4 Å². The van der Waals surface area contributed by atoms with Crippen molar-refractivity contribution < 1.29 is 9.53 Å². The Bertz CT molecular complexity index is 241. The summed E-state index contributed by atoms with van der Waals surface area (Å²) in [4.78, 5) is 13.8. The van der Waals surface area contributed by atoms with Gasteiger partial charge in [0.25, 0.3) is 0 Å². The van der Waals surface area contributed by atoms with Crippen LogP contribution in [0, 0.1) is 5.92 Å². The standard InChI is InChI=1S/C12H22N2O2.ClH/c1-14(9-10-3-2-4-10)12(15)7-11-8-13-5-6-16-11;/h10-11,13H,2-9H2,1H3;1H. The average Bonchev–Trinajstić information content (AvgIpc) is 2.24. The van der Waals surface area contributed by atoms with Gasteiger partial charge in [0.2, 0.25) is 5.91 Å². The van der Waals surface area contributed by atoms with E-state index in [1.807, 2.05) is 11.9 Å². The summed E-state index contributed by atoms with van der Waals surface area (Å²) in [5.74, 6) is 0.972. The van der Waals surface area contributed by atoms with Crippen LogP contribution in [0.3, 0.4) is 0 Å². The molecule has 1 atom stereocenters. The second kappa shape index (κ2) is 7.19. The van der Waals surface area contributed by atoms with E-state index in [-0.39, 0.29) is 24.4 Å². The smallest absolute Gasteiger partial charge is 0.224 e. The number of nitrogens with zero attached hydrogens (tertiary/aromatic N) is 1. The number of carbonyl (C=O) groups excluding carboxylic acids is 1. The molecule has 1 N–H and O–H groups in total. The Morgan fingerprint density at radius 2 is 2.24 bits per heavy atom. The lowest BCUT2D eigenvalue weighted by atomic mass is 9.85. The highest BCUT2D eigenvalue weighted by atomic mass is 35.5. The summed E-state index contributed by atoms with van der Waals surface area (Å²) in [5, 5.41) is 3.25. The number of halogens is 1. The third kappa shape index (κ3) is 4.45. The first-order chi connectivity index (χ1) is 7.75. The van der Waals surface area contributed by atoms with Crippen LogP contribution in [-0.4, -0.2) is 50.2 Å². The third-order valence-electron chi connectivity index (χ3n) is 3.59. The largest absolute Gasteiger partial charge is 0.375 e. The van der Waals surface area contributed by atoms with Crippen LogP contribution in [-0.2, 0) is 9.53 Å². The van der Waals surface area contributed by atoms with Crippen molar-refractivity contribution in [2.75, 3.05) is 33.3 Å². The molecular weight excluding hydrogens is 240 g/mol. The van der Waals surface area contributed by atoms with Gasteiger partial charge < -0.3 is 15.0 Å². The number of hydrogen-bond acceptors (Lipinski definition) is 3. The third-order valence-corrected chi connectivity index (χ3v) is 3.59. The lowest BCUT2D eigenvalue weighted by Crippen LogP contribution is -2.42. The Morgan fingerprint density at radius 1 is 1.47 bits per heavy atom. The number of morpholine rings is 1. The van der Waals surface area contributed by atoms with Gasteiger partial charge >= 0.3 is 0 Å². The van der Waals surface area contributed by atoms with Gasteiger partial charge in [-0.1, -0.05) is 6.42 Å². The van der Waals surface area contributed by atoms with E-state index >= 15 is 0 Å². The molecule has 17 heavy (non-hydrogen) atoms. The van der Waals surface area contributed by atoms with Gasteiger partial charge in [-0.25, -0.2) is 0 Å². The van der Waals surface area contributed by atoms with Gasteiger partial charge in [-0.2, -0.15) is 0 Å². The number of nitrogens with one attached hydrogen (secondary N) is 1. The minimum atomic E-state index is 0. The molecule has 2 rings (SSSR count). The van der Waals surface area contributed by atoms with E-state index in [2.05, 4.69) is 5.32 Å². The van der Waals surface area contributed by atoms with Crippen LogP contribution in [0.1, 0.15) is 25.7 Å². The van der Waals surface area contributed by atoms with E-state index in [4.69, 9.17) is 4.74 Å². The summed E-state index contributed by atoms with van der Waals surface area (Å²) in [6, 6.07) is 0. The summed E-state index contributed by atoms with van der Waals surface area (Å²) < 4.78 is 5.53. The molecule has 1 saturated carbocycles. The highest BCUT2D eigenvalue weighted by molar-refractivity contribution is 5.85. The highest BCUT2D eigenvalue weighted by Gasteiger charge is 2.24. The molecule has 0 radical (unpaired) electrons. The molecule has 1 aliphatic heterocycles. The first-order valence-corrected chi connectivity index (χ1v) is 6.32. The van der Waals surface area contributed by atoms with Crippen molar-refractivity contribution in [1.29, 1.82) is 0 Å². The van der Waals surface area contributed by atoms with Crippen LogP contribution >= 0.6 is 12.4 Å². The Balaban J connectivity index is 0.00000144. The molecule has 0 aromatic heterocycles. The first kappa shape index (κ1) is 14.7. The molecule has 1 unspecified atom stereocenters. The summed E-state index contributed by atoms with van der Waals surface area (Å²) in [6.07, 6.45) is 4.52. The molecule has 2 fully saturated rings. The zero-order valence-electron chi connectivity index (χ0n) is 10.5. The molecule has 0 aromatic rings. The maximum atomic E-state index is 11.9. The highest BCUT2D eigenvalue weighted by Crippen LogP contribution is 2.26. The molecule has 5 heteroatoms. The second-order valence-electron chi connectivity index (χ2n) is 4.97. The van der Waals surface area contributed by atoms with E-state index in [9.17, 15) is 4.79 Å². The number of rotatable bonds is 4. The monoisotopic (exact) mass is 262 g/mol. The zero-order valence-corrected chi connectivity index (χ0v) is 11.3. The Hall–Kier alpha value is -0.320. The quantitative estimate of drug-likeness (QED) is 0.823. The molecule has 1 saturated heterocycles. The van der Waals surface area contributed by atoms with E-state index < -0.39 is 0 Å². The molecule has 1 amide bonds. The van der Waals surface area contributed by atoms with Crippen molar-refractivity contribution in [3.05, 3.63) is 0 Å².